The summed E-state index contributed by atoms with van der Waals surface area (Å²) in [6.07, 6.45) is 9.44. The van der Waals surface area contributed by atoms with E-state index < -0.39 is 0 Å². The van der Waals surface area contributed by atoms with Crippen molar-refractivity contribution in [3.63, 3.8) is 0 Å². The number of carbonyl (C=O) groups excluding carboxylic acids is 2. The first-order valence-electron chi connectivity index (χ1n) is 17.7. The van der Waals surface area contributed by atoms with Gasteiger partial charge in [-0.3, -0.25) is 9.59 Å². The highest BCUT2D eigenvalue weighted by Crippen LogP contribution is 2.41. The highest BCUT2D eigenvalue weighted by atomic mass is 35.5. The second-order valence-corrected chi connectivity index (χ2v) is 14.8. The van der Waals surface area contributed by atoms with E-state index >= 15 is 0 Å². The van der Waals surface area contributed by atoms with Gasteiger partial charge in [0.05, 0.1) is 18.3 Å². The maximum atomic E-state index is 14.0. The summed E-state index contributed by atoms with van der Waals surface area (Å²) >= 11 is 5.97. The van der Waals surface area contributed by atoms with Crippen molar-refractivity contribution in [2.45, 2.75) is 63.7 Å². The van der Waals surface area contributed by atoms with Crippen LogP contribution in [0.15, 0.2) is 48.8 Å². The van der Waals surface area contributed by atoms with Gasteiger partial charge in [0.25, 0.3) is 11.8 Å². The fourth-order valence-electron chi connectivity index (χ4n) is 8.54. The summed E-state index contributed by atoms with van der Waals surface area (Å²) in [6.45, 7) is 3.47. The number of rotatable bonds is 8. The maximum absolute atomic E-state index is 14.0. The molecule has 5 aromatic rings. The van der Waals surface area contributed by atoms with Crippen LogP contribution < -0.4 is 10.5 Å². The van der Waals surface area contributed by atoms with Gasteiger partial charge in [0.1, 0.15) is 22.6 Å². The summed E-state index contributed by atoms with van der Waals surface area (Å²) in [4.78, 5) is 49.2. The third kappa shape index (κ3) is 5.40. The molecule has 3 atom stereocenters. The number of aromatic nitrogens is 6. The molecule has 13 heteroatoms. The molecule has 4 aliphatic rings. The molecule has 4 fully saturated rings. The molecule has 50 heavy (non-hydrogen) atoms. The Kier molecular flexibility index (Phi) is 7.76. The molecule has 4 aromatic heterocycles. The molecule has 0 unspecified atom stereocenters. The van der Waals surface area contributed by atoms with E-state index in [9.17, 15) is 9.59 Å². The van der Waals surface area contributed by atoms with Crippen molar-refractivity contribution in [3.8, 4) is 17.3 Å². The number of imidazole rings is 1. The fourth-order valence-corrected chi connectivity index (χ4v) is 8.69. The zero-order valence-electron chi connectivity index (χ0n) is 28.0. The van der Waals surface area contributed by atoms with E-state index in [1.165, 1.54) is 19.0 Å². The molecule has 1 aromatic carbocycles. The van der Waals surface area contributed by atoms with Gasteiger partial charge in [-0.15, -0.1) is 0 Å². The van der Waals surface area contributed by atoms with Crippen LogP contribution in [0.3, 0.4) is 0 Å². The third-order valence-corrected chi connectivity index (χ3v) is 11.6. The summed E-state index contributed by atoms with van der Waals surface area (Å²) in [5, 5.41) is 1.14. The summed E-state index contributed by atoms with van der Waals surface area (Å²) in [5.41, 5.74) is 10.9. The number of amides is 2. The first kappa shape index (κ1) is 31.4. The summed E-state index contributed by atoms with van der Waals surface area (Å²) in [5.74, 6) is 2.56. The van der Waals surface area contributed by atoms with Crippen molar-refractivity contribution >= 4 is 45.5 Å². The zero-order chi connectivity index (χ0) is 34.1. The molecular formula is C37H40ClN9O3. The molecule has 2 bridgehead atoms. The van der Waals surface area contributed by atoms with Crippen molar-refractivity contribution in [1.29, 1.82) is 0 Å². The lowest BCUT2D eigenvalue weighted by atomic mass is 9.96. The second-order valence-electron chi connectivity index (χ2n) is 14.5. The van der Waals surface area contributed by atoms with E-state index in [4.69, 9.17) is 32.0 Å². The van der Waals surface area contributed by atoms with Gasteiger partial charge in [-0.05, 0) is 104 Å². The molecule has 0 spiro atoms. The van der Waals surface area contributed by atoms with Gasteiger partial charge in [0, 0.05) is 68.2 Å². The quantitative estimate of drug-likeness (QED) is 0.224. The minimum Gasteiger partial charge on any atom is -0.494 e. The van der Waals surface area contributed by atoms with E-state index in [0.29, 0.717) is 55.0 Å². The minimum atomic E-state index is -0.135. The number of methoxy groups -OCH3 is 1. The Bertz CT molecular complexity index is 2130. The number of nitrogens with two attached hydrogens (primary N) is 1. The third-order valence-electron chi connectivity index (χ3n) is 11.4. The molecule has 9 rings (SSSR count). The Morgan fingerprint density at radius 1 is 0.920 bits per heavy atom. The highest BCUT2D eigenvalue weighted by molar-refractivity contribution is 6.28. The predicted octanol–water partition coefficient (Wildman–Crippen LogP) is 5.03. The number of halogens is 1. The Labute approximate surface area is 294 Å². The van der Waals surface area contributed by atoms with Crippen molar-refractivity contribution in [3.05, 3.63) is 65.3 Å². The van der Waals surface area contributed by atoms with Gasteiger partial charge in [0.15, 0.2) is 5.82 Å². The van der Waals surface area contributed by atoms with Crippen LogP contribution >= 0.6 is 11.6 Å². The molecule has 2 amide bonds. The molecule has 6 heterocycles. The Morgan fingerprint density at radius 2 is 1.72 bits per heavy atom. The number of nitrogens with zero attached hydrogens (tertiary/aromatic N) is 8. The van der Waals surface area contributed by atoms with Crippen molar-refractivity contribution in [1.82, 2.24) is 38.9 Å². The number of fused-ring (bicyclic) bond motifs is 4. The van der Waals surface area contributed by atoms with Crippen LogP contribution in [0, 0.1) is 17.8 Å². The van der Waals surface area contributed by atoms with Gasteiger partial charge >= 0.3 is 0 Å². The lowest BCUT2D eigenvalue weighted by molar-refractivity contribution is 0.0675. The summed E-state index contributed by atoms with van der Waals surface area (Å²) in [7, 11) is 1.66. The van der Waals surface area contributed by atoms with Crippen LogP contribution in [0.1, 0.15) is 59.4 Å². The van der Waals surface area contributed by atoms with Crippen molar-refractivity contribution in [2.24, 2.45) is 23.5 Å². The molecule has 258 valence electrons. The number of hydrogen-bond donors (Lipinski definition) is 1. The van der Waals surface area contributed by atoms with Gasteiger partial charge < -0.3 is 29.4 Å². The first-order chi connectivity index (χ1) is 24.4. The Morgan fingerprint density at radius 3 is 2.44 bits per heavy atom. The molecule has 2 N–H and O–H groups in total. The average Bonchev–Trinajstić information content (AvgIpc) is 3.50. The second kappa shape index (κ2) is 12.3. The average molecular weight is 694 g/mol. The smallest absolute Gasteiger partial charge is 0.272 e. The SMILES string of the molecule is COc1cc(C(=O)N2C[C@H]3CC[C@@H]2[C@@H]3N)cc2nc(-c3cc4cccnc4n3CC3CC3)n(CC3CCN(C(=O)c4ccnc(Cl)n4)CC3)c12. The van der Waals surface area contributed by atoms with Crippen LogP contribution in [0.2, 0.25) is 5.28 Å². The van der Waals surface area contributed by atoms with Crippen LogP contribution in [0.25, 0.3) is 33.6 Å². The topological polar surface area (TPSA) is 137 Å². The van der Waals surface area contributed by atoms with E-state index in [-0.39, 0.29) is 35.1 Å². The number of ether oxygens (including phenoxy) is 1. The van der Waals surface area contributed by atoms with E-state index in [1.54, 1.807) is 13.2 Å². The van der Waals surface area contributed by atoms with Gasteiger partial charge in [-0.2, -0.15) is 0 Å². The molecule has 2 aliphatic carbocycles. The lowest BCUT2D eigenvalue weighted by Gasteiger charge is -2.32. The van der Waals surface area contributed by atoms with Crippen LogP contribution in [0.5, 0.6) is 5.75 Å². The van der Waals surface area contributed by atoms with E-state index in [2.05, 4.69) is 31.2 Å². The normalized spacial score (nSPS) is 22.3. The van der Waals surface area contributed by atoms with E-state index in [1.807, 2.05) is 34.2 Å². The van der Waals surface area contributed by atoms with Gasteiger partial charge in [0.2, 0.25) is 5.28 Å². The largest absolute Gasteiger partial charge is 0.494 e. The lowest BCUT2D eigenvalue weighted by Crippen LogP contribution is -2.41. The van der Waals surface area contributed by atoms with Crippen LogP contribution in [-0.2, 0) is 13.1 Å². The van der Waals surface area contributed by atoms with Gasteiger partial charge in [-0.25, -0.2) is 19.9 Å². The summed E-state index contributed by atoms with van der Waals surface area (Å²) in [6, 6.07) is 11.8. The number of piperidine rings is 2. The zero-order valence-corrected chi connectivity index (χ0v) is 28.8. The van der Waals surface area contributed by atoms with E-state index in [0.717, 1.165) is 65.8 Å². The van der Waals surface area contributed by atoms with Crippen molar-refractivity contribution < 1.29 is 14.3 Å². The molecule has 2 saturated carbocycles. The number of carbonyl (C=O) groups is 2. The summed E-state index contributed by atoms with van der Waals surface area (Å²) < 4.78 is 10.7. The molecule has 12 nitrogen and oxygen atoms in total. The Balaban J connectivity index is 1.10. The fraction of sp³-hybridized carbons (Fsp3) is 0.459. The number of hydrogen-bond acceptors (Lipinski definition) is 8. The van der Waals surface area contributed by atoms with Crippen molar-refractivity contribution in [2.75, 3.05) is 26.7 Å². The van der Waals surface area contributed by atoms with Crippen LogP contribution in [-0.4, -0.2) is 89.5 Å². The van der Waals surface area contributed by atoms with Crippen LogP contribution in [0.4, 0.5) is 0 Å². The minimum absolute atomic E-state index is 0.0157. The Hall–Kier alpha value is -4.55. The number of likely N-dealkylation sites (tertiary alicyclic amines) is 2. The molecule has 2 saturated heterocycles. The number of benzene rings is 1. The molecule has 2 aliphatic heterocycles. The molecular weight excluding hydrogens is 654 g/mol. The maximum Gasteiger partial charge on any atom is 0.272 e. The first-order valence-corrected chi connectivity index (χ1v) is 18.1. The molecule has 0 radical (unpaired) electrons. The van der Waals surface area contributed by atoms with Gasteiger partial charge in [-0.1, -0.05) is 0 Å². The number of pyridine rings is 1. The highest BCUT2D eigenvalue weighted by Gasteiger charge is 2.47. The standard InChI is InChI=1S/C37H40ClN9O3/c1-50-30-17-25(35(48)46-20-24-6-7-28(46)31(24)39)15-27-32(30)47(19-22-9-13-44(14-10-22)36(49)26-8-12-41-37(38)43-26)34(42-27)29-16-23-3-2-11-40-33(23)45(29)18-21-4-5-21/h2-3,8,11-12,15-17,21-22,24,28,31H,4-7,9-10,13-14,18-20,39H2,1H3/t24-,28-,31-/m1/s1. The predicted molar refractivity (Wildman–Crippen MR) is 189 cm³/mol. The monoisotopic (exact) mass is 693 g/mol.